The van der Waals surface area contributed by atoms with Gasteiger partial charge in [-0.25, -0.2) is 37.3 Å². The van der Waals surface area contributed by atoms with Crippen molar-refractivity contribution in [1.29, 1.82) is 0 Å². The van der Waals surface area contributed by atoms with Gasteiger partial charge in [-0.15, -0.1) is 20.5 Å². The summed E-state index contributed by atoms with van der Waals surface area (Å²) in [5.74, 6) is 0. The largest absolute Gasteiger partial charge is 0.357 e. The zero-order chi connectivity index (χ0) is 15.5. The Hall–Kier alpha value is 0.140. The molecule has 118 valence electrons. The number of hydrogen-bond donors (Lipinski definition) is 2. The molecular weight excluding hydrogens is 313 g/mol. The van der Waals surface area contributed by atoms with E-state index in [-0.39, 0.29) is 0 Å². The molecule has 0 atom stereocenters. The van der Waals surface area contributed by atoms with E-state index in [1.54, 1.807) is 0 Å². The zero-order valence-electron chi connectivity index (χ0n) is 10.00. The maximum atomic E-state index is 8.49. The summed E-state index contributed by atoms with van der Waals surface area (Å²) in [6, 6.07) is 0. The fourth-order valence-electron chi connectivity index (χ4n) is 1.25. The molecule has 1 rings (SSSR count). The second-order valence-corrected chi connectivity index (χ2v) is 4.83. The molecule has 13 heteroatoms. The quantitative estimate of drug-likeness (QED) is 0.488. The maximum Gasteiger partial charge on any atom is 0.0885 e. The molecule has 19 heavy (non-hydrogen) atoms. The fourth-order valence-corrected chi connectivity index (χ4v) is 1.25. The molecule has 5 N–H and O–H groups in total. The van der Waals surface area contributed by atoms with Crippen LogP contribution in [0.5, 0.6) is 0 Å². The Kier molecular flexibility index (Phi) is 12.3. The van der Waals surface area contributed by atoms with Gasteiger partial charge in [0.2, 0.25) is 0 Å². The third kappa shape index (κ3) is 38.1. The highest BCUT2D eigenvalue weighted by Gasteiger charge is 2.10. The van der Waals surface area contributed by atoms with Gasteiger partial charge in [0.15, 0.2) is 0 Å². The number of rotatable bonds is 2. The first-order chi connectivity index (χ1) is 8.43. The summed E-state index contributed by atoms with van der Waals surface area (Å²) in [7, 11) is -9.89. The highest BCUT2D eigenvalue weighted by atomic mass is 35.7. The molecule has 0 unspecified atom stereocenters. The second-order valence-electron chi connectivity index (χ2n) is 3.32. The van der Waals surface area contributed by atoms with E-state index in [0.717, 1.165) is 6.54 Å². The van der Waals surface area contributed by atoms with E-state index in [0.29, 0.717) is 0 Å². The summed E-state index contributed by atoms with van der Waals surface area (Å²) in [5, 5.41) is 2.37. The van der Waals surface area contributed by atoms with Crippen LogP contribution < -0.4 is 48.3 Å². The topological polar surface area (TPSA) is 232 Å². The van der Waals surface area contributed by atoms with Crippen LogP contribution in [0.25, 0.3) is 0 Å². The number of quaternary nitrogens is 2. The van der Waals surface area contributed by atoms with Gasteiger partial charge < -0.3 is 11.1 Å². The molecule has 0 radical (unpaired) electrons. The third-order valence-electron chi connectivity index (χ3n) is 1.77. The lowest BCUT2D eigenvalue weighted by Crippen LogP contribution is -2.89. The number of piperazine rings is 1. The van der Waals surface area contributed by atoms with Crippen LogP contribution in [0.4, 0.5) is 0 Å². The molecule has 0 aromatic carbocycles. The Labute approximate surface area is 113 Å². The smallest absolute Gasteiger partial charge is 0.0885 e. The van der Waals surface area contributed by atoms with Gasteiger partial charge in [-0.3, -0.25) is 4.90 Å². The summed E-state index contributed by atoms with van der Waals surface area (Å²) < 4.78 is 67.9. The van der Waals surface area contributed by atoms with Crippen molar-refractivity contribution in [2.24, 2.45) is 0 Å². The van der Waals surface area contributed by atoms with Gasteiger partial charge in [-0.2, -0.15) is 0 Å². The van der Waals surface area contributed by atoms with Crippen molar-refractivity contribution >= 4 is 0 Å². The molecule has 0 spiro atoms. The van der Waals surface area contributed by atoms with Crippen LogP contribution in [0.1, 0.15) is 0 Å². The van der Waals surface area contributed by atoms with Crippen molar-refractivity contribution in [3.63, 3.8) is 0 Å². The van der Waals surface area contributed by atoms with E-state index in [2.05, 4.69) is 16.0 Å². The molecule has 0 aromatic rings. The fraction of sp³-hybridized carbons (Fsp3) is 1.00. The first-order valence-electron chi connectivity index (χ1n) is 5.00. The Morgan fingerprint density at radius 1 is 0.842 bits per heavy atom. The predicted molar refractivity (Wildman–Crippen MR) is 35.9 cm³/mol. The average Bonchev–Trinajstić information content (AvgIpc) is 2.14. The molecule has 1 heterocycles. The van der Waals surface area contributed by atoms with Gasteiger partial charge in [0, 0.05) is 19.6 Å². The monoisotopic (exact) mass is 329 g/mol. The average molecular weight is 330 g/mol. The van der Waals surface area contributed by atoms with Crippen molar-refractivity contribution in [2.45, 2.75) is 0 Å². The van der Waals surface area contributed by atoms with Gasteiger partial charge in [-0.05, 0) is 0 Å². The molecule has 0 aliphatic carbocycles. The normalized spacial score (nSPS) is 16.9. The maximum absolute atomic E-state index is 8.49. The molecule has 1 saturated heterocycles. The van der Waals surface area contributed by atoms with Crippen LogP contribution in [-0.2, 0) is 0 Å². The van der Waals surface area contributed by atoms with Crippen molar-refractivity contribution in [3.05, 3.63) is 0 Å². The lowest BCUT2D eigenvalue weighted by atomic mass is 10.3. The van der Waals surface area contributed by atoms with Gasteiger partial charge >= 0.3 is 0 Å². The number of nitrogens with two attached hydrogens (primary N) is 1. The number of nitrogens with zero attached hydrogens (tertiary/aromatic N) is 1. The summed E-state index contributed by atoms with van der Waals surface area (Å²) >= 11 is 0. The first-order valence-corrected chi connectivity index (χ1v) is 7.47. The molecule has 0 bridgehead atoms. The summed E-state index contributed by atoms with van der Waals surface area (Å²) in [4.78, 5) is 2.48. The van der Waals surface area contributed by atoms with Crippen LogP contribution in [0, 0.1) is 20.5 Å². The second kappa shape index (κ2) is 10.9. The van der Waals surface area contributed by atoms with Crippen molar-refractivity contribution in [2.75, 3.05) is 39.3 Å². The van der Waals surface area contributed by atoms with Gasteiger partial charge in [-0.1, -0.05) is 0 Å². The summed E-state index contributed by atoms with van der Waals surface area (Å²) in [6.07, 6.45) is 0. The summed E-state index contributed by atoms with van der Waals surface area (Å²) in [6.45, 7) is 7.32. The van der Waals surface area contributed by atoms with Crippen molar-refractivity contribution in [1.82, 2.24) is 4.90 Å². The van der Waals surface area contributed by atoms with Crippen LogP contribution in [0.2, 0.25) is 0 Å². The Morgan fingerprint density at radius 3 is 1.42 bits per heavy atom. The molecular formula is C6H17Cl2N3O8. The summed E-state index contributed by atoms with van der Waals surface area (Å²) in [5.41, 5.74) is 3.83. The Morgan fingerprint density at radius 2 is 1.16 bits per heavy atom. The van der Waals surface area contributed by atoms with Crippen LogP contribution in [0.3, 0.4) is 0 Å². The van der Waals surface area contributed by atoms with Gasteiger partial charge in [0.05, 0.1) is 19.6 Å². The molecule has 0 amide bonds. The van der Waals surface area contributed by atoms with Gasteiger partial charge in [0.1, 0.15) is 0 Å². The molecule has 1 fully saturated rings. The Balaban J connectivity index is 0. The predicted octanol–water partition coefficient (Wildman–Crippen LogP) is -12.4. The van der Waals surface area contributed by atoms with E-state index < -0.39 is 20.5 Å². The minimum Gasteiger partial charge on any atom is -0.357 e. The number of hydrogen-bond acceptors (Lipinski definition) is 9. The van der Waals surface area contributed by atoms with Crippen molar-refractivity contribution < 1.29 is 68.8 Å². The van der Waals surface area contributed by atoms with Crippen LogP contribution >= 0.6 is 0 Å². The van der Waals surface area contributed by atoms with Gasteiger partial charge in [0.25, 0.3) is 0 Å². The lowest BCUT2D eigenvalue weighted by molar-refractivity contribution is -2.00. The molecule has 1 aliphatic heterocycles. The number of halogens is 2. The van der Waals surface area contributed by atoms with Crippen LogP contribution in [-0.4, -0.2) is 44.2 Å². The molecule has 11 nitrogen and oxygen atoms in total. The molecule has 0 saturated carbocycles. The van der Waals surface area contributed by atoms with E-state index in [9.17, 15) is 0 Å². The third-order valence-corrected chi connectivity index (χ3v) is 1.77. The molecule has 0 aromatic heterocycles. The minimum absolute atomic E-state index is 1.06. The lowest BCUT2D eigenvalue weighted by Gasteiger charge is -2.23. The standard InChI is InChI=1S/C6H15N3.2ClHO4/c7-1-4-9-5-2-8-3-6-9;2*2-1(3,4)5/h8H,1-7H2;2*(H,2,3,4,5). The van der Waals surface area contributed by atoms with E-state index in [1.165, 1.54) is 32.7 Å². The van der Waals surface area contributed by atoms with Crippen LogP contribution in [0.15, 0.2) is 0 Å². The zero-order valence-corrected chi connectivity index (χ0v) is 11.5. The SMILES string of the molecule is [NH3+]CCN1CC[NH2+]CC1.[O-][Cl+3]([O-])([O-])[O-].[O-][Cl+3]([O-])([O-])[O-]. The minimum atomic E-state index is -4.94. The highest BCUT2D eigenvalue weighted by Crippen LogP contribution is 1.83. The first kappa shape index (κ1) is 21.4. The van der Waals surface area contributed by atoms with E-state index in [1.807, 2.05) is 0 Å². The van der Waals surface area contributed by atoms with Crippen molar-refractivity contribution in [3.8, 4) is 0 Å². The van der Waals surface area contributed by atoms with E-state index >= 15 is 0 Å². The van der Waals surface area contributed by atoms with E-state index in [4.69, 9.17) is 37.3 Å². The molecule has 1 aliphatic rings. The Bertz CT molecular complexity index is 179. The highest BCUT2D eigenvalue weighted by molar-refractivity contribution is 4.56.